The molecule has 1 saturated carbocycles. The number of nitrogens with one attached hydrogen (secondary N) is 1. The minimum absolute atomic E-state index is 0.0770. The van der Waals surface area contributed by atoms with Gasteiger partial charge in [-0.1, -0.05) is 12.8 Å². The molecule has 2 fully saturated rings. The van der Waals surface area contributed by atoms with Crippen LogP contribution in [0.5, 0.6) is 0 Å². The zero-order chi connectivity index (χ0) is 13.0. The van der Waals surface area contributed by atoms with Gasteiger partial charge in [-0.15, -0.1) is 0 Å². The molecule has 4 nitrogen and oxygen atoms in total. The summed E-state index contributed by atoms with van der Waals surface area (Å²) >= 11 is 1.86. The average molecular weight is 271 g/mol. The lowest BCUT2D eigenvalue weighted by molar-refractivity contribution is -0.151. The number of carboxylic acid groups (broad SMARTS) is 1. The van der Waals surface area contributed by atoms with Crippen molar-refractivity contribution in [2.24, 2.45) is 5.41 Å². The Morgan fingerprint density at radius 1 is 1.28 bits per heavy atom. The molecule has 0 bridgehead atoms. The molecule has 0 radical (unpaired) electrons. The zero-order valence-electron chi connectivity index (χ0n) is 10.6. The molecule has 1 aliphatic carbocycles. The van der Waals surface area contributed by atoms with Crippen LogP contribution in [-0.2, 0) is 9.59 Å². The van der Waals surface area contributed by atoms with Crippen molar-refractivity contribution in [1.82, 2.24) is 5.32 Å². The number of hydrogen-bond acceptors (Lipinski definition) is 3. The molecular formula is C13H21NO3S. The fraction of sp³-hybridized carbons (Fsp3) is 0.846. The zero-order valence-corrected chi connectivity index (χ0v) is 11.4. The molecule has 2 N–H and O–H groups in total. The summed E-state index contributed by atoms with van der Waals surface area (Å²) in [6, 6.07) is 0.239. The van der Waals surface area contributed by atoms with Crippen molar-refractivity contribution in [3.8, 4) is 0 Å². The lowest BCUT2D eigenvalue weighted by Crippen LogP contribution is -2.42. The van der Waals surface area contributed by atoms with Gasteiger partial charge in [-0.05, 0) is 31.4 Å². The van der Waals surface area contributed by atoms with Gasteiger partial charge in [0.1, 0.15) is 0 Å². The van der Waals surface area contributed by atoms with Crippen LogP contribution >= 0.6 is 11.8 Å². The summed E-state index contributed by atoms with van der Waals surface area (Å²) in [5.41, 5.74) is -0.786. The fourth-order valence-corrected chi connectivity index (χ4v) is 4.03. The minimum Gasteiger partial charge on any atom is -0.481 e. The van der Waals surface area contributed by atoms with Gasteiger partial charge in [0.15, 0.2) is 0 Å². The maximum Gasteiger partial charge on any atom is 0.310 e. The lowest BCUT2D eigenvalue weighted by Gasteiger charge is -2.26. The van der Waals surface area contributed by atoms with Gasteiger partial charge < -0.3 is 10.4 Å². The van der Waals surface area contributed by atoms with Crippen LogP contribution in [0.4, 0.5) is 0 Å². The van der Waals surface area contributed by atoms with Crippen molar-refractivity contribution in [1.29, 1.82) is 0 Å². The number of hydrogen-bond donors (Lipinski definition) is 2. The number of carbonyl (C=O) groups is 2. The number of thioether (sulfide) groups is 1. The van der Waals surface area contributed by atoms with Crippen molar-refractivity contribution in [3.63, 3.8) is 0 Å². The van der Waals surface area contributed by atoms with E-state index in [0.717, 1.165) is 31.4 Å². The van der Waals surface area contributed by atoms with E-state index in [1.54, 1.807) is 0 Å². The SMILES string of the molecule is O=C(CC1(C(=O)O)CCCC1)NC1CCCSC1. The summed E-state index contributed by atoms with van der Waals surface area (Å²) in [5, 5.41) is 12.3. The average Bonchev–Trinajstić information content (AvgIpc) is 2.80. The highest BCUT2D eigenvalue weighted by molar-refractivity contribution is 7.99. The van der Waals surface area contributed by atoms with Crippen LogP contribution < -0.4 is 5.32 Å². The number of aliphatic carboxylic acids is 1. The highest BCUT2D eigenvalue weighted by Gasteiger charge is 2.43. The fourth-order valence-electron chi connectivity index (χ4n) is 2.96. The highest BCUT2D eigenvalue weighted by atomic mass is 32.2. The Morgan fingerprint density at radius 3 is 2.56 bits per heavy atom. The summed E-state index contributed by atoms with van der Waals surface area (Å²) in [5.74, 6) is 1.26. The Balaban J connectivity index is 1.87. The second-order valence-electron chi connectivity index (χ2n) is 5.45. The summed E-state index contributed by atoms with van der Waals surface area (Å²) in [6.07, 6.45) is 5.48. The van der Waals surface area contributed by atoms with E-state index >= 15 is 0 Å². The van der Waals surface area contributed by atoms with Gasteiger partial charge in [-0.25, -0.2) is 0 Å². The van der Waals surface area contributed by atoms with Crippen molar-refractivity contribution >= 4 is 23.6 Å². The summed E-state index contributed by atoms with van der Waals surface area (Å²) < 4.78 is 0. The van der Waals surface area contributed by atoms with E-state index in [-0.39, 0.29) is 18.4 Å². The first-order valence-electron chi connectivity index (χ1n) is 6.73. The van der Waals surface area contributed by atoms with E-state index in [0.29, 0.717) is 12.8 Å². The van der Waals surface area contributed by atoms with E-state index in [4.69, 9.17) is 0 Å². The second kappa shape index (κ2) is 5.95. The molecule has 0 spiro atoms. The van der Waals surface area contributed by atoms with Crippen LogP contribution in [0.25, 0.3) is 0 Å². The number of amides is 1. The van der Waals surface area contributed by atoms with Crippen molar-refractivity contribution in [2.75, 3.05) is 11.5 Å². The van der Waals surface area contributed by atoms with Gasteiger partial charge >= 0.3 is 5.97 Å². The second-order valence-corrected chi connectivity index (χ2v) is 6.60. The van der Waals surface area contributed by atoms with E-state index in [2.05, 4.69) is 5.32 Å². The lowest BCUT2D eigenvalue weighted by atomic mass is 9.82. The third-order valence-corrected chi connectivity index (χ3v) is 5.25. The van der Waals surface area contributed by atoms with Crippen molar-refractivity contribution in [2.45, 2.75) is 51.0 Å². The van der Waals surface area contributed by atoms with Crippen molar-refractivity contribution < 1.29 is 14.7 Å². The normalized spacial score (nSPS) is 26.8. The van der Waals surface area contributed by atoms with Gasteiger partial charge in [-0.2, -0.15) is 11.8 Å². The first-order chi connectivity index (χ1) is 8.62. The van der Waals surface area contributed by atoms with Crippen LogP contribution in [0.2, 0.25) is 0 Å². The van der Waals surface area contributed by atoms with E-state index < -0.39 is 11.4 Å². The van der Waals surface area contributed by atoms with Crippen LogP contribution in [0, 0.1) is 5.41 Å². The molecule has 1 saturated heterocycles. The Labute approximate surface area is 112 Å². The summed E-state index contributed by atoms with van der Waals surface area (Å²) in [6.45, 7) is 0. The Hall–Kier alpha value is -0.710. The number of carbonyl (C=O) groups excluding carboxylic acids is 1. The molecular weight excluding hydrogens is 250 g/mol. The monoisotopic (exact) mass is 271 g/mol. The Bertz CT molecular complexity index is 320. The molecule has 0 aromatic heterocycles. The van der Waals surface area contributed by atoms with E-state index in [1.807, 2.05) is 11.8 Å². The Kier molecular flexibility index (Phi) is 4.54. The highest BCUT2D eigenvalue weighted by Crippen LogP contribution is 2.41. The predicted octanol–water partition coefficient (Wildman–Crippen LogP) is 2.03. The topological polar surface area (TPSA) is 66.4 Å². The molecule has 18 heavy (non-hydrogen) atoms. The molecule has 1 atom stereocenters. The first-order valence-corrected chi connectivity index (χ1v) is 7.88. The van der Waals surface area contributed by atoms with Gasteiger partial charge in [0, 0.05) is 18.2 Å². The van der Waals surface area contributed by atoms with Gasteiger partial charge in [0.2, 0.25) is 5.91 Å². The minimum atomic E-state index is -0.798. The maximum atomic E-state index is 12.0. The molecule has 0 aromatic rings. The van der Waals surface area contributed by atoms with E-state index in [1.165, 1.54) is 5.75 Å². The third-order valence-electron chi connectivity index (χ3n) is 4.04. The molecule has 2 rings (SSSR count). The largest absolute Gasteiger partial charge is 0.481 e. The molecule has 1 heterocycles. The number of carboxylic acids is 1. The van der Waals surface area contributed by atoms with Crippen LogP contribution in [0.1, 0.15) is 44.9 Å². The van der Waals surface area contributed by atoms with Crippen LogP contribution in [-0.4, -0.2) is 34.5 Å². The van der Waals surface area contributed by atoms with E-state index in [9.17, 15) is 14.7 Å². The maximum absolute atomic E-state index is 12.0. The standard InChI is InChI=1S/C13H21NO3S/c15-11(14-10-4-3-7-18-9-10)8-13(12(16)17)5-1-2-6-13/h10H,1-9H2,(H,14,15)(H,16,17). The molecule has 1 aliphatic heterocycles. The van der Waals surface area contributed by atoms with Gasteiger partial charge in [0.25, 0.3) is 0 Å². The Morgan fingerprint density at radius 2 is 2.00 bits per heavy atom. The van der Waals surface area contributed by atoms with Crippen LogP contribution in [0.15, 0.2) is 0 Å². The smallest absolute Gasteiger partial charge is 0.310 e. The predicted molar refractivity (Wildman–Crippen MR) is 71.6 cm³/mol. The molecule has 1 amide bonds. The molecule has 5 heteroatoms. The molecule has 102 valence electrons. The molecule has 2 aliphatic rings. The van der Waals surface area contributed by atoms with Gasteiger partial charge in [-0.3, -0.25) is 9.59 Å². The van der Waals surface area contributed by atoms with Crippen LogP contribution in [0.3, 0.4) is 0 Å². The molecule has 1 unspecified atom stereocenters. The quantitative estimate of drug-likeness (QED) is 0.821. The molecule has 0 aromatic carbocycles. The number of rotatable bonds is 4. The third kappa shape index (κ3) is 3.19. The summed E-state index contributed by atoms with van der Waals surface area (Å²) in [7, 11) is 0. The summed E-state index contributed by atoms with van der Waals surface area (Å²) in [4.78, 5) is 23.4. The first kappa shape index (κ1) is 13.7. The van der Waals surface area contributed by atoms with Gasteiger partial charge in [0.05, 0.1) is 5.41 Å². The van der Waals surface area contributed by atoms with Crippen molar-refractivity contribution in [3.05, 3.63) is 0 Å².